The van der Waals surface area contributed by atoms with Crippen molar-refractivity contribution in [1.29, 1.82) is 0 Å². The zero-order chi connectivity index (χ0) is 18.5. The fourth-order valence-electron chi connectivity index (χ4n) is 2.45. The summed E-state index contributed by atoms with van der Waals surface area (Å²) in [6, 6.07) is 0. The molecule has 3 rings (SSSR count). The van der Waals surface area contributed by atoms with Gasteiger partial charge in [0.25, 0.3) is 5.56 Å². The van der Waals surface area contributed by atoms with Gasteiger partial charge in [0.15, 0.2) is 22.1 Å². The van der Waals surface area contributed by atoms with E-state index >= 15 is 0 Å². The third-order valence-corrected chi connectivity index (χ3v) is 4.57. The number of aliphatic hydroxyl groups is 2. The van der Waals surface area contributed by atoms with Crippen LogP contribution in [0.15, 0.2) is 9.53 Å². The zero-order valence-corrected chi connectivity index (χ0v) is 14.7. The molecule has 3 heterocycles. The van der Waals surface area contributed by atoms with Crippen LogP contribution in [0.2, 0.25) is 0 Å². The van der Waals surface area contributed by atoms with Gasteiger partial charge in [0.1, 0.15) is 18.3 Å². The maximum absolute atomic E-state index is 11.9. The summed E-state index contributed by atoms with van der Waals surface area (Å²) in [7, 11) is -4.78. The number of nitrogens with two attached hydrogens (primary N) is 1. The molecule has 4 atom stereocenters. The number of aromatic nitrogens is 4. The van der Waals surface area contributed by atoms with Crippen LogP contribution in [0.5, 0.6) is 0 Å². The average molecular weight is 442 g/mol. The molecular weight excluding hydrogens is 429 g/mol. The lowest BCUT2D eigenvalue weighted by Crippen LogP contribution is -2.33. The molecule has 1 aliphatic rings. The highest BCUT2D eigenvalue weighted by Crippen LogP contribution is 2.39. The lowest BCUT2D eigenvalue weighted by atomic mass is 10.1. The fraction of sp³-hybridized carbons (Fsp3) is 0.500. The largest absolute Gasteiger partial charge is 0.469 e. The van der Waals surface area contributed by atoms with E-state index in [1.54, 1.807) is 0 Å². The van der Waals surface area contributed by atoms with Crippen molar-refractivity contribution < 1.29 is 33.8 Å². The van der Waals surface area contributed by atoms with Gasteiger partial charge in [-0.05, 0) is 15.9 Å². The minimum atomic E-state index is -4.78. The first kappa shape index (κ1) is 18.4. The number of aliphatic hydroxyl groups excluding tert-OH is 2. The second-order valence-electron chi connectivity index (χ2n) is 5.21. The van der Waals surface area contributed by atoms with Gasteiger partial charge in [0.2, 0.25) is 5.95 Å². The maximum Gasteiger partial charge on any atom is 0.469 e. The van der Waals surface area contributed by atoms with Crippen molar-refractivity contribution in [2.45, 2.75) is 24.5 Å². The Morgan fingerprint density at radius 1 is 1.36 bits per heavy atom. The number of halogens is 1. The van der Waals surface area contributed by atoms with E-state index in [9.17, 15) is 19.6 Å². The maximum atomic E-state index is 11.9. The molecule has 1 aliphatic heterocycles. The Kier molecular flexibility index (Phi) is 4.72. The first-order valence-corrected chi connectivity index (χ1v) is 9.05. The average Bonchev–Trinajstić information content (AvgIpc) is 2.95. The van der Waals surface area contributed by atoms with Crippen molar-refractivity contribution in [1.82, 2.24) is 19.5 Å². The molecule has 4 unspecified atom stereocenters. The second-order valence-corrected chi connectivity index (χ2v) is 7.16. The van der Waals surface area contributed by atoms with E-state index in [4.69, 9.17) is 20.3 Å². The minimum Gasteiger partial charge on any atom is -0.387 e. The number of phosphoric ester groups is 1. The van der Waals surface area contributed by atoms with E-state index in [2.05, 4.69) is 35.4 Å². The van der Waals surface area contributed by atoms with Gasteiger partial charge in [0, 0.05) is 0 Å². The van der Waals surface area contributed by atoms with Crippen molar-refractivity contribution in [3.63, 3.8) is 0 Å². The molecule has 0 radical (unpaired) electrons. The van der Waals surface area contributed by atoms with E-state index in [0.29, 0.717) is 0 Å². The Morgan fingerprint density at radius 3 is 2.68 bits per heavy atom. The molecule has 13 nitrogen and oxygen atoms in total. The van der Waals surface area contributed by atoms with Gasteiger partial charge >= 0.3 is 7.82 Å². The number of nitrogen functional groups attached to an aromatic ring is 1. The summed E-state index contributed by atoms with van der Waals surface area (Å²) in [5.41, 5.74) is 4.79. The van der Waals surface area contributed by atoms with Crippen LogP contribution < -0.4 is 11.3 Å². The van der Waals surface area contributed by atoms with Gasteiger partial charge in [0.05, 0.1) is 6.61 Å². The first-order valence-electron chi connectivity index (χ1n) is 6.73. The smallest absolute Gasteiger partial charge is 0.387 e. The van der Waals surface area contributed by atoms with Crippen LogP contribution in [0.4, 0.5) is 5.95 Å². The standard InChI is InChI=1S/C10H13BrN5O8P/c11-9-13-3-6(14-10(12)15-7(3)19)16(9)8-5(18)4(17)2(24-8)1-23-25(20,21)22/h2,4-5,8,17-18H,1H2,(H2,20,21,22)(H3,12,14,15,19). The van der Waals surface area contributed by atoms with Crippen LogP contribution in [0, 0.1) is 0 Å². The third kappa shape index (κ3) is 3.47. The predicted octanol–water partition coefficient (Wildman–Crippen LogP) is -1.81. The number of fused-ring (bicyclic) bond motifs is 1. The monoisotopic (exact) mass is 441 g/mol. The number of rotatable bonds is 4. The zero-order valence-electron chi connectivity index (χ0n) is 12.2. The quantitative estimate of drug-likeness (QED) is 0.230. The number of hydrogen-bond acceptors (Lipinski definition) is 9. The van der Waals surface area contributed by atoms with Crippen molar-refractivity contribution >= 4 is 40.9 Å². The molecule has 0 aliphatic carbocycles. The topological polar surface area (TPSA) is 206 Å². The number of phosphoric acid groups is 1. The van der Waals surface area contributed by atoms with Crippen LogP contribution in [-0.4, -0.2) is 64.4 Å². The van der Waals surface area contributed by atoms with Crippen molar-refractivity contribution in [3.05, 3.63) is 15.1 Å². The number of H-pyrrole nitrogens is 1. The highest BCUT2D eigenvalue weighted by molar-refractivity contribution is 9.10. The van der Waals surface area contributed by atoms with Crippen LogP contribution in [0.1, 0.15) is 6.23 Å². The van der Waals surface area contributed by atoms with Crippen LogP contribution in [0.3, 0.4) is 0 Å². The van der Waals surface area contributed by atoms with Gasteiger partial charge < -0.3 is 30.5 Å². The highest BCUT2D eigenvalue weighted by Gasteiger charge is 2.46. The third-order valence-electron chi connectivity index (χ3n) is 3.52. The molecule has 2 aromatic heterocycles. The van der Waals surface area contributed by atoms with Gasteiger partial charge in [-0.25, -0.2) is 9.55 Å². The molecule has 138 valence electrons. The normalized spacial score (nSPS) is 27.2. The second kappa shape index (κ2) is 6.41. The van der Waals surface area contributed by atoms with E-state index < -0.39 is 44.5 Å². The van der Waals surface area contributed by atoms with Gasteiger partial charge in [-0.3, -0.25) is 18.9 Å². The SMILES string of the molecule is Nc1nc2c(nc(Br)n2C2OC(COP(=O)(O)O)C(O)C2O)c(=O)[nH]1. The Hall–Kier alpha value is -1.38. The lowest BCUT2D eigenvalue weighted by Gasteiger charge is -2.17. The summed E-state index contributed by atoms with van der Waals surface area (Å²) in [6.07, 6.45) is -5.52. The molecule has 0 bridgehead atoms. The minimum absolute atomic E-state index is 0.0130. The van der Waals surface area contributed by atoms with E-state index in [-0.39, 0.29) is 21.8 Å². The Morgan fingerprint density at radius 2 is 2.04 bits per heavy atom. The number of imidazole rings is 1. The molecular formula is C10H13BrN5O8P. The molecule has 25 heavy (non-hydrogen) atoms. The van der Waals surface area contributed by atoms with Crippen LogP contribution >= 0.6 is 23.8 Å². The molecule has 1 saturated heterocycles. The van der Waals surface area contributed by atoms with E-state index in [1.807, 2.05) is 0 Å². The Bertz CT molecular complexity index is 911. The molecule has 2 aromatic rings. The van der Waals surface area contributed by atoms with Gasteiger partial charge in [-0.1, -0.05) is 0 Å². The molecule has 0 aromatic carbocycles. The van der Waals surface area contributed by atoms with Crippen LogP contribution in [0.25, 0.3) is 11.2 Å². The highest BCUT2D eigenvalue weighted by atomic mass is 79.9. The van der Waals surface area contributed by atoms with Crippen molar-refractivity contribution in [2.75, 3.05) is 12.3 Å². The van der Waals surface area contributed by atoms with Crippen molar-refractivity contribution in [2.24, 2.45) is 0 Å². The first-order chi connectivity index (χ1) is 11.6. The fourth-order valence-corrected chi connectivity index (χ4v) is 3.34. The molecule has 7 N–H and O–H groups in total. The predicted molar refractivity (Wildman–Crippen MR) is 84.2 cm³/mol. The van der Waals surface area contributed by atoms with Crippen LogP contribution in [-0.2, 0) is 13.8 Å². The number of anilines is 1. The molecule has 15 heteroatoms. The summed E-state index contributed by atoms with van der Waals surface area (Å²) in [5, 5.41) is 20.2. The summed E-state index contributed by atoms with van der Waals surface area (Å²) in [4.78, 5) is 39.5. The summed E-state index contributed by atoms with van der Waals surface area (Å²) in [5.74, 6) is -0.194. The number of aromatic amines is 1. The Balaban J connectivity index is 1.97. The van der Waals surface area contributed by atoms with Gasteiger partial charge in [-0.2, -0.15) is 4.98 Å². The number of ether oxygens (including phenoxy) is 1. The van der Waals surface area contributed by atoms with E-state index in [1.165, 1.54) is 4.57 Å². The molecule has 0 spiro atoms. The molecule has 0 saturated carbocycles. The van der Waals surface area contributed by atoms with Crippen molar-refractivity contribution in [3.8, 4) is 0 Å². The van der Waals surface area contributed by atoms with E-state index in [0.717, 1.165) is 0 Å². The number of nitrogens with zero attached hydrogens (tertiary/aromatic N) is 3. The summed E-state index contributed by atoms with van der Waals surface area (Å²) in [6.45, 7) is -0.667. The van der Waals surface area contributed by atoms with Gasteiger partial charge in [-0.15, -0.1) is 0 Å². The lowest BCUT2D eigenvalue weighted by molar-refractivity contribution is -0.0513. The Labute approximate surface area is 146 Å². The number of hydrogen-bond donors (Lipinski definition) is 6. The molecule has 0 amide bonds. The summed E-state index contributed by atoms with van der Waals surface area (Å²) >= 11 is 3.11. The number of nitrogens with one attached hydrogen (secondary N) is 1. The molecule has 1 fully saturated rings. The summed E-state index contributed by atoms with van der Waals surface area (Å²) < 4.78 is 21.8.